The maximum absolute atomic E-state index is 13.7. The molecule has 1 heterocycles. The first-order valence-electron chi connectivity index (χ1n) is 5.76. The Morgan fingerprint density at radius 3 is 2.11 bits per heavy atom. The van der Waals surface area contributed by atoms with Gasteiger partial charge in [-0.25, -0.2) is 13.2 Å². The van der Waals surface area contributed by atoms with Gasteiger partial charge in [-0.3, -0.25) is 4.68 Å². The SMILES string of the molecule is Cc1c(O)c(-c2c(F)cc(F)cc2F)nn1C(C)C. The summed E-state index contributed by atoms with van der Waals surface area (Å²) in [5.74, 6) is -3.52. The van der Waals surface area contributed by atoms with Crippen molar-refractivity contribution in [2.24, 2.45) is 0 Å². The first kappa shape index (κ1) is 13.5. The molecule has 102 valence electrons. The van der Waals surface area contributed by atoms with E-state index in [9.17, 15) is 18.3 Å². The number of hydrogen-bond donors (Lipinski definition) is 1. The molecule has 19 heavy (non-hydrogen) atoms. The average molecular weight is 270 g/mol. The fraction of sp³-hybridized carbons (Fsp3) is 0.308. The number of aromatic nitrogens is 2. The Bertz CT molecular complexity index is 612. The Kier molecular flexibility index (Phi) is 3.26. The van der Waals surface area contributed by atoms with Crippen molar-refractivity contribution in [3.63, 3.8) is 0 Å². The molecule has 0 aliphatic rings. The van der Waals surface area contributed by atoms with E-state index in [2.05, 4.69) is 5.10 Å². The highest BCUT2D eigenvalue weighted by Gasteiger charge is 2.23. The van der Waals surface area contributed by atoms with Crippen LogP contribution in [0.5, 0.6) is 5.75 Å². The predicted molar refractivity (Wildman–Crippen MR) is 64.3 cm³/mol. The quantitative estimate of drug-likeness (QED) is 0.906. The molecule has 1 aromatic carbocycles. The van der Waals surface area contributed by atoms with Crippen molar-refractivity contribution >= 4 is 0 Å². The van der Waals surface area contributed by atoms with Gasteiger partial charge in [0.2, 0.25) is 0 Å². The van der Waals surface area contributed by atoms with E-state index in [1.54, 1.807) is 6.92 Å². The summed E-state index contributed by atoms with van der Waals surface area (Å²) in [6.45, 7) is 5.23. The van der Waals surface area contributed by atoms with Crippen LogP contribution in [0, 0.1) is 24.4 Å². The van der Waals surface area contributed by atoms with Gasteiger partial charge in [0.1, 0.15) is 23.1 Å². The molecule has 0 spiro atoms. The van der Waals surface area contributed by atoms with Crippen molar-refractivity contribution in [3.05, 3.63) is 35.3 Å². The van der Waals surface area contributed by atoms with E-state index in [0.29, 0.717) is 17.8 Å². The van der Waals surface area contributed by atoms with Crippen LogP contribution >= 0.6 is 0 Å². The predicted octanol–water partition coefficient (Wildman–Crippen LogP) is 3.56. The third kappa shape index (κ3) is 2.18. The monoisotopic (exact) mass is 270 g/mol. The van der Waals surface area contributed by atoms with Crippen LogP contribution in [-0.2, 0) is 0 Å². The molecular formula is C13H13F3N2O. The summed E-state index contributed by atoms with van der Waals surface area (Å²) in [4.78, 5) is 0. The molecule has 0 fully saturated rings. The van der Waals surface area contributed by atoms with Gasteiger partial charge in [-0.15, -0.1) is 0 Å². The highest BCUT2D eigenvalue weighted by Crippen LogP contribution is 2.35. The van der Waals surface area contributed by atoms with E-state index in [1.165, 1.54) is 4.68 Å². The van der Waals surface area contributed by atoms with Crippen LogP contribution < -0.4 is 0 Å². The molecule has 0 atom stereocenters. The number of nitrogens with zero attached hydrogens (tertiary/aromatic N) is 2. The van der Waals surface area contributed by atoms with Crippen molar-refractivity contribution in [1.29, 1.82) is 0 Å². The van der Waals surface area contributed by atoms with Crippen LogP contribution in [0.3, 0.4) is 0 Å². The molecule has 2 aromatic rings. The van der Waals surface area contributed by atoms with Gasteiger partial charge < -0.3 is 5.11 Å². The Morgan fingerprint density at radius 2 is 1.68 bits per heavy atom. The number of rotatable bonds is 2. The van der Waals surface area contributed by atoms with Gasteiger partial charge in [0.15, 0.2) is 5.75 Å². The summed E-state index contributed by atoms with van der Waals surface area (Å²) >= 11 is 0. The van der Waals surface area contributed by atoms with Gasteiger partial charge in [-0.2, -0.15) is 5.10 Å². The van der Waals surface area contributed by atoms with Crippen molar-refractivity contribution in [3.8, 4) is 17.0 Å². The molecule has 0 aliphatic heterocycles. The minimum atomic E-state index is -1.10. The third-order valence-electron chi connectivity index (χ3n) is 2.85. The van der Waals surface area contributed by atoms with Gasteiger partial charge in [0.25, 0.3) is 0 Å². The standard InChI is InChI=1S/C13H13F3N2O/c1-6(2)18-7(3)13(19)12(17-18)11-9(15)4-8(14)5-10(11)16/h4-6,19H,1-3H3. The second kappa shape index (κ2) is 4.60. The molecule has 6 heteroatoms. The van der Waals surface area contributed by atoms with Crippen LogP contribution in [0.25, 0.3) is 11.3 Å². The second-order valence-corrected chi connectivity index (χ2v) is 4.57. The fourth-order valence-electron chi connectivity index (χ4n) is 1.95. The normalized spacial score (nSPS) is 11.3. The van der Waals surface area contributed by atoms with E-state index in [4.69, 9.17) is 0 Å². The topological polar surface area (TPSA) is 38.1 Å². The molecule has 0 aliphatic carbocycles. The second-order valence-electron chi connectivity index (χ2n) is 4.57. The number of aromatic hydroxyl groups is 1. The molecule has 0 radical (unpaired) electrons. The molecule has 0 unspecified atom stereocenters. The van der Waals surface area contributed by atoms with Crippen LogP contribution in [0.2, 0.25) is 0 Å². The zero-order valence-corrected chi connectivity index (χ0v) is 10.7. The van der Waals surface area contributed by atoms with Crippen LogP contribution in [0.15, 0.2) is 12.1 Å². The smallest absolute Gasteiger partial charge is 0.164 e. The van der Waals surface area contributed by atoms with Gasteiger partial charge in [0, 0.05) is 18.2 Å². The number of halogens is 3. The van der Waals surface area contributed by atoms with Crippen LogP contribution in [0.1, 0.15) is 25.6 Å². The molecule has 1 aromatic heterocycles. The zero-order chi connectivity index (χ0) is 14.3. The minimum Gasteiger partial charge on any atom is -0.504 e. The van der Waals surface area contributed by atoms with E-state index < -0.39 is 23.0 Å². The summed E-state index contributed by atoms with van der Waals surface area (Å²) < 4.78 is 41.7. The molecule has 2 rings (SSSR count). The van der Waals surface area contributed by atoms with Crippen molar-refractivity contribution in [2.75, 3.05) is 0 Å². The maximum atomic E-state index is 13.7. The largest absolute Gasteiger partial charge is 0.504 e. The van der Waals surface area contributed by atoms with E-state index in [0.717, 1.165) is 0 Å². The Balaban J connectivity index is 2.70. The Labute approximate surface area is 108 Å². The lowest BCUT2D eigenvalue weighted by molar-refractivity contribution is 0.461. The van der Waals surface area contributed by atoms with Crippen molar-refractivity contribution in [1.82, 2.24) is 9.78 Å². The Hall–Kier alpha value is -1.98. The Morgan fingerprint density at radius 1 is 1.16 bits per heavy atom. The summed E-state index contributed by atoms with van der Waals surface area (Å²) in [6.07, 6.45) is 0. The lowest BCUT2D eigenvalue weighted by Crippen LogP contribution is -2.05. The maximum Gasteiger partial charge on any atom is 0.164 e. The van der Waals surface area contributed by atoms with E-state index in [1.807, 2.05) is 13.8 Å². The minimum absolute atomic E-state index is 0.0776. The highest BCUT2D eigenvalue weighted by molar-refractivity contribution is 5.68. The zero-order valence-electron chi connectivity index (χ0n) is 10.7. The van der Waals surface area contributed by atoms with Gasteiger partial charge >= 0.3 is 0 Å². The fourth-order valence-corrected chi connectivity index (χ4v) is 1.95. The molecular weight excluding hydrogens is 257 g/mol. The van der Waals surface area contributed by atoms with E-state index >= 15 is 0 Å². The molecule has 0 saturated heterocycles. The molecule has 1 N–H and O–H groups in total. The van der Waals surface area contributed by atoms with Gasteiger partial charge in [-0.1, -0.05) is 0 Å². The number of hydrogen-bond acceptors (Lipinski definition) is 2. The molecule has 3 nitrogen and oxygen atoms in total. The summed E-state index contributed by atoms with van der Waals surface area (Å²) in [7, 11) is 0. The van der Waals surface area contributed by atoms with Gasteiger partial charge in [0.05, 0.1) is 11.3 Å². The van der Waals surface area contributed by atoms with Crippen LogP contribution in [-0.4, -0.2) is 14.9 Å². The summed E-state index contributed by atoms with van der Waals surface area (Å²) in [5, 5.41) is 13.9. The first-order valence-corrected chi connectivity index (χ1v) is 5.76. The third-order valence-corrected chi connectivity index (χ3v) is 2.85. The number of benzene rings is 1. The first-order chi connectivity index (χ1) is 8.82. The lowest BCUT2D eigenvalue weighted by atomic mass is 10.1. The highest BCUT2D eigenvalue weighted by atomic mass is 19.1. The molecule has 0 saturated carbocycles. The van der Waals surface area contributed by atoms with Crippen LogP contribution in [0.4, 0.5) is 13.2 Å². The summed E-state index contributed by atoms with van der Waals surface area (Å²) in [5.41, 5.74) is -0.351. The van der Waals surface area contributed by atoms with E-state index in [-0.39, 0.29) is 17.5 Å². The summed E-state index contributed by atoms with van der Waals surface area (Å²) in [6, 6.07) is 1.04. The van der Waals surface area contributed by atoms with Crippen molar-refractivity contribution in [2.45, 2.75) is 26.8 Å². The average Bonchev–Trinajstić information content (AvgIpc) is 2.56. The molecule has 0 bridgehead atoms. The van der Waals surface area contributed by atoms with Gasteiger partial charge in [-0.05, 0) is 20.8 Å². The molecule has 0 amide bonds. The van der Waals surface area contributed by atoms with Crippen molar-refractivity contribution < 1.29 is 18.3 Å². The lowest BCUT2D eigenvalue weighted by Gasteiger charge is -2.06.